The lowest BCUT2D eigenvalue weighted by atomic mass is 10.0. The SMILES string of the molecule is CCCN(CCCO)CCC(C)c1ccc(O)cn1. The van der Waals surface area contributed by atoms with Gasteiger partial charge in [-0.15, -0.1) is 0 Å². The van der Waals surface area contributed by atoms with E-state index in [9.17, 15) is 5.11 Å². The van der Waals surface area contributed by atoms with Gasteiger partial charge in [0.15, 0.2) is 0 Å². The van der Waals surface area contributed by atoms with E-state index in [4.69, 9.17) is 5.11 Å². The molecule has 0 spiro atoms. The van der Waals surface area contributed by atoms with Crippen LogP contribution in [-0.2, 0) is 0 Å². The molecule has 0 aromatic carbocycles. The van der Waals surface area contributed by atoms with Gasteiger partial charge in [-0.1, -0.05) is 13.8 Å². The van der Waals surface area contributed by atoms with Gasteiger partial charge in [-0.3, -0.25) is 4.98 Å². The van der Waals surface area contributed by atoms with Crippen molar-refractivity contribution in [2.45, 2.75) is 39.0 Å². The first kappa shape index (κ1) is 15.9. The molecule has 0 saturated carbocycles. The van der Waals surface area contributed by atoms with E-state index in [1.807, 2.05) is 6.07 Å². The summed E-state index contributed by atoms with van der Waals surface area (Å²) in [5.41, 5.74) is 1.02. The molecule has 4 heteroatoms. The van der Waals surface area contributed by atoms with Gasteiger partial charge in [0.25, 0.3) is 0 Å². The van der Waals surface area contributed by atoms with E-state index in [0.29, 0.717) is 5.92 Å². The number of hydrogen-bond acceptors (Lipinski definition) is 4. The van der Waals surface area contributed by atoms with Gasteiger partial charge in [0.1, 0.15) is 5.75 Å². The minimum Gasteiger partial charge on any atom is -0.506 e. The highest BCUT2D eigenvalue weighted by Crippen LogP contribution is 2.19. The maximum atomic E-state index is 9.23. The Morgan fingerprint density at radius 2 is 2.05 bits per heavy atom. The number of nitrogens with zero attached hydrogens (tertiary/aromatic N) is 2. The third kappa shape index (κ3) is 6.03. The molecule has 1 unspecified atom stereocenters. The van der Waals surface area contributed by atoms with Gasteiger partial charge in [0.05, 0.1) is 6.20 Å². The fourth-order valence-corrected chi connectivity index (χ4v) is 2.16. The maximum absolute atomic E-state index is 9.23. The summed E-state index contributed by atoms with van der Waals surface area (Å²) in [5.74, 6) is 0.598. The van der Waals surface area contributed by atoms with Gasteiger partial charge in [-0.2, -0.15) is 0 Å². The van der Waals surface area contributed by atoms with Crippen LogP contribution in [0.2, 0.25) is 0 Å². The fourth-order valence-electron chi connectivity index (χ4n) is 2.16. The lowest BCUT2D eigenvalue weighted by molar-refractivity contribution is 0.219. The van der Waals surface area contributed by atoms with Crippen molar-refractivity contribution in [3.8, 4) is 5.75 Å². The number of rotatable bonds is 9. The lowest BCUT2D eigenvalue weighted by Crippen LogP contribution is -2.28. The first-order chi connectivity index (χ1) is 9.17. The Bertz CT molecular complexity index is 341. The first-order valence-corrected chi connectivity index (χ1v) is 7.15. The van der Waals surface area contributed by atoms with Crippen LogP contribution in [0.15, 0.2) is 18.3 Å². The standard InChI is InChI=1S/C15H26N2O2/c1-3-8-17(9-4-11-18)10-7-13(2)15-6-5-14(19)12-16-15/h5-6,12-13,18-19H,3-4,7-11H2,1-2H3. The van der Waals surface area contributed by atoms with Crippen molar-refractivity contribution >= 4 is 0 Å². The Morgan fingerprint density at radius 1 is 1.26 bits per heavy atom. The largest absolute Gasteiger partial charge is 0.506 e. The van der Waals surface area contributed by atoms with E-state index in [-0.39, 0.29) is 12.4 Å². The summed E-state index contributed by atoms with van der Waals surface area (Å²) in [6.45, 7) is 7.66. The Balaban J connectivity index is 2.41. The molecule has 0 saturated heterocycles. The third-order valence-corrected chi connectivity index (χ3v) is 3.33. The van der Waals surface area contributed by atoms with E-state index >= 15 is 0 Å². The monoisotopic (exact) mass is 266 g/mol. The molecule has 0 radical (unpaired) electrons. The van der Waals surface area contributed by atoms with Crippen molar-refractivity contribution in [1.29, 1.82) is 0 Å². The van der Waals surface area contributed by atoms with Crippen LogP contribution in [-0.4, -0.2) is 46.3 Å². The minimum atomic E-state index is 0.214. The number of aromatic hydroxyl groups is 1. The van der Waals surface area contributed by atoms with Gasteiger partial charge in [0.2, 0.25) is 0 Å². The van der Waals surface area contributed by atoms with Crippen LogP contribution < -0.4 is 0 Å². The predicted octanol–water partition coefficient (Wildman–Crippen LogP) is 2.38. The quantitative estimate of drug-likeness (QED) is 0.720. The molecule has 0 aliphatic heterocycles. The molecule has 0 aliphatic rings. The Hall–Kier alpha value is -1.13. The molecule has 0 aliphatic carbocycles. The van der Waals surface area contributed by atoms with Gasteiger partial charge in [-0.25, -0.2) is 0 Å². The van der Waals surface area contributed by atoms with Crippen LogP contribution in [0.25, 0.3) is 0 Å². The summed E-state index contributed by atoms with van der Waals surface area (Å²) in [4.78, 5) is 6.65. The summed E-state index contributed by atoms with van der Waals surface area (Å²) < 4.78 is 0. The topological polar surface area (TPSA) is 56.6 Å². The zero-order chi connectivity index (χ0) is 14.1. The number of aromatic nitrogens is 1. The van der Waals surface area contributed by atoms with Crippen molar-refractivity contribution < 1.29 is 10.2 Å². The highest BCUT2D eigenvalue weighted by Gasteiger charge is 2.10. The molecular formula is C15H26N2O2. The second-order valence-electron chi connectivity index (χ2n) is 5.05. The average molecular weight is 266 g/mol. The van der Waals surface area contributed by atoms with Crippen LogP contribution in [0.5, 0.6) is 5.75 Å². The van der Waals surface area contributed by atoms with Crippen molar-refractivity contribution in [3.05, 3.63) is 24.0 Å². The van der Waals surface area contributed by atoms with E-state index in [1.165, 1.54) is 6.20 Å². The zero-order valence-electron chi connectivity index (χ0n) is 12.0. The van der Waals surface area contributed by atoms with Gasteiger partial charge < -0.3 is 15.1 Å². The normalized spacial score (nSPS) is 12.8. The Kier molecular flexibility index (Phi) is 7.45. The molecule has 2 N–H and O–H groups in total. The predicted molar refractivity (Wildman–Crippen MR) is 77.4 cm³/mol. The summed E-state index contributed by atoms with van der Waals surface area (Å²) in [5, 5.41) is 18.1. The van der Waals surface area contributed by atoms with Crippen LogP contribution in [0.1, 0.15) is 44.7 Å². The number of pyridine rings is 1. The highest BCUT2D eigenvalue weighted by molar-refractivity contribution is 5.19. The molecule has 1 heterocycles. The smallest absolute Gasteiger partial charge is 0.133 e. The Labute approximate surface area is 116 Å². The third-order valence-electron chi connectivity index (χ3n) is 3.33. The minimum absolute atomic E-state index is 0.214. The summed E-state index contributed by atoms with van der Waals surface area (Å²) in [6.07, 6.45) is 4.52. The number of hydrogen-bond donors (Lipinski definition) is 2. The molecule has 0 amide bonds. The highest BCUT2D eigenvalue weighted by atomic mass is 16.3. The van der Waals surface area contributed by atoms with E-state index in [1.54, 1.807) is 6.07 Å². The van der Waals surface area contributed by atoms with Gasteiger partial charge in [-0.05, 0) is 50.4 Å². The van der Waals surface area contributed by atoms with E-state index in [2.05, 4.69) is 23.7 Å². The fraction of sp³-hybridized carbons (Fsp3) is 0.667. The van der Waals surface area contributed by atoms with Crippen LogP contribution in [0, 0.1) is 0 Å². The van der Waals surface area contributed by atoms with Crippen LogP contribution in [0.4, 0.5) is 0 Å². The number of aliphatic hydroxyl groups is 1. The molecule has 19 heavy (non-hydrogen) atoms. The van der Waals surface area contributed by atoms with E-state index in [0.717, 1.165) is 44.6 Å². The molecule has 108 valence electrons. The maximum Gasteiger partial charge on any atom is 0.133 e. The molecule has 1 rings (SSSR count). The average Bonchev–Trinajstić information content (AvgIpc) is 2.42. The molecule has 0 bridgehead atoms. The van der Waals surface area contributed by atoms with Crippen molar-refractivity contribution in [2.75, 3.05) is 26.2 Å². The van der Waals surface area contributed by atoms with Crippen LogP contribution in [0.3, 0.4) is 0 Å². The molecule has 1 atom stereocenters. The number of aliphatic hydroxyl groups excluding tert-OH is 1. The summed E-state index contributed by atoms with van der Waals surface area (Å²) in [7, 11) is 0. The second kappa shape index (κ2) is 8.88. The second-order valence-corrected chi connectivity index (χ2v) is 5.05. The molecule has 1 aromatic rings. The van der Waals surface area contributed by atoms with Crippen molar-refractivity contribution in [2.24, 2.45) is 0 Å². The van der Waals surface area contributed by atoms with Crippen molar-refractivity contribution in [3.63, 3.8) is 0 Å². The van der Waals surface area contributed by atoms with Gasteiger partial charge >= 0.3 is 0 Å². The molecular weight excluding hydrogens is 240 g/mol. The van der Waals surface area contributed by atoms with Crippen LogP contribution >= 0.6 is 0 Å². The Morgan fingerprint density at radius 3 is 2.63 bits per heavy atom. The van der Waals surface area contributed by atoms with E-state index < -0.39 is 0 Å². The zero-order valence-corrected chi connectivity index (χ0v) is 12.0. The van der Waals surface area contributed by atoms with Gasteiger partial charge in [0, 0.05) is 18.8 Å². The first-order valence-electron chi connectivity index (χ1n) is 7.15. The molecule has 4 nitrogen and oxygen atoms in total. The van der Waals surface area contributed by atoms with Crippen molar-refractivity contribution in [1.82, 2.24) is 9.88 Å². The summed E-state index contributed by atoms with van der Waals surface area (Å²) in [6, 6.07) is 3.58. The lowest BCUT2D eigenvalue weighted by Gasteiger charge is -2.23. The summed E-state index contributed by atoms with van der Waals surface area (Å²) >= 11 is 0. The molecule has 1 aromatic heterocycles. The molecule has 0 fully saturated rings.